The molecule has 0 bridgehead atoms. The standard InChI is InChI=1S/C9H9BF3.K/c11-10(12,13)9-6-8(9)7-4-2-1-3-5-7;/h1-5,8-9H,6H2;/q-1;+1. The predicted molar refractivity (Wildman–Crippen MR) is 46.6 cm³/mol. The molecule has 0 N–H and O–H groups in total. The summed E-state index contributed by atoms with van der Waals surface area (Å²) >= 11 is 0. The Kier molecular flexibility index (Phi) is 4.29. The van der Waals surface area contributed by atoms with Gasteiger partial charge in [0, 0.05) is 0 Å². The first-order valence-corrected chi connectivity index (χ1v) is 4.34. The normalized spacial score (nSPS) is 25.4. The van der Waals surface area contributed by atoms with Gasteiger partial charge in [0.1, 0.15) is 0 Å². The van der Waals surface area contributed by atoms with E-state index in [9.17, 15) is 12.9 Å². The minimum atomic E-state index is -4.62. The summed E-state index contributed by atoms with van der Waals surface area (Å²) in [5.41, 5.74) is 0.826. The van der Waals surface area contributed by atoms with Crippen molar-refractivity contribution in [3.8, 4) is 0 Å². The fraction of sp³-hybridized carbons (Fsp3) is 0.333. The first kappa shape index (κ1) is 12.8. The third-order valence-corrected chi connectivity index (χ3v) is 2.55. The molecule has 1 fully saturated rings. The molecule has 0 heterocycles. The van der Waals surface area contributed by atoms with Crippen molar-refractivity contribution < 1.29 is 64.3 Å². The summed E-state index contributed by atoms with van der Waals surface area (Å²) in [7, 11) is 0. The fourth-order valence-corrected chi connectivity index (χ4v) is 1.72. The van der Waals surface area contributed by atoms with Crippen molar-refractivity contribution in [3.05, 3.63) is 35.9 Å². The Labute approximate surface area is 124 Å². The summed E-state index contributed by atoms with van der Waals surface area (Å²) < 4.78 is 36.7. The summed E-state index contributed by atoms with van der Waals surface area (Å²) in [6.07, 6.45) is 0.285. The molecule has 1 aromatic rings. The van der Waals surface area contributed by atoms with Gasteiger partial charge in [0.15, 0.2) is 0 Å². The Hall–Kier alpha value is 0.711. The largest absolute Gasteiger partial charge is 1.00 e. The van der Waals surface area contributed by atoms with Crippen molar-refractivity contribution in [2.75, 3.05) is 0 Å². The average molecular weight is 224 g/mol. The van der Waals surface area contributed by atoms with E-state index in [1.807, 2.05) is 6.07 Å². The van der Waals surface area contributed by atoms with Gasteiger partial charge in [-0.2, -0.15) is 0 Å². The molecule has 2 atom stereocenters. The first-order chi connectivity index (χ1) is 6.09. The second kappa shape index (κ2) is 4.70. The molecule has 1 aromatic carbocycles. The summed E-state index contributed by atoms with van der Waals surface area (Å²) in [6, 6.07) is 8.93. The van der Waals surface area contributed by atoms with Crippen LogP contribution >= 0.6 is 0 Å². The zero-order valence-electron chi connectivity index (χ0n) is 7.96. The van der Waals surface area contributed by atoms with Crippen LogP contribution in [-0.2, 0) is 0 Å². The summed E-state index contributed by atoms with van der Waals surface area (Å²) in [6.45, 7) is -4.62. The molecule has 0 aliphatic heterocycles. The van der Waals surface area contributed by atoms with Crippen LogP contribution in [0.3, 0.4) is 0 Å². The van der Waals surface area contributed by atoms with Crippen molar-refractivity contribution in [2.45, 2.75) is 18.2 Å². The average Bonchev–Trinajstić information content (AvgIpc) is 2.83. The minimum Gasteiger partial charge on any atom is -0.449 e. The molecule has 0 nitrogen and oxygen atoms in total. The van der Waals surface area contributed by atoms with E-state index < -0.39 is 12.8 Å². The van der Waals surface area contributed by atoms with Crippen LogP contribution in [0.2, 0.25) is 5.82 Å². The van der Waals surface area contributed by atoms with Crippen molar-refractivity contribution in [1.29, 1.82) is 0 Å². The second-order valence-corrected chi connectivity index (χ2v) is 3.54. The molecule has 1 aliphatic carbocycles. The maximum Gasteiger partial charge on any atom is 1.00 e. The van der Waals surface area contributed by atoms with Gasteiger partial charge in [-0.3, -0.25) is 0 Å². The van der Waals surface area contributed by atoms with Crippen LogP contribution in [0.15, 0.2) is 30.3 Å². The van der Waals surface area contributed by atoms with E-state index in [1.165, 1.54) is 0 Å². The number of rotatable bonds is 2. The molecule has 1 saturated carbocycles. The third kappa shape index (κ3) is 2.86. The molecule has 0 saturated heterocycles. The molecular weight excluding hydrogens is 215 g/mol. The van der Waals surface area contributed by atoms with Gasteiger partial charge in [0.25, 0.3) is 0 Å². The van der Waals surface area contributed by atoms with E-state index in [2.05, 4.69) is 0 Å². The van der Waals surface area contributed by atoms with Crippen LogP contribution in [0, 0.1) is 0 Å². The molecule has 14 heavy (non-hydrogen) atoms. The Morgan fingerprint density at radius 3 is 2.07 bits per heavy atom. The molecule has 0 radical (unpaired) electrons. The SMILES string of the molecule is F[B-](F)(F)C1CC1c1ccccc1.[K+]. The van der Waals surface area contributed by atoms with E-state index in [4.69, 9.17) is 0 Å². The van der Waals surface area contributed by atoms with Gasteiger partial charge in [-0.15, -0.1) is 0 Å². The van der Waals surface area contributed by atoms with Crippen LogP contribution in [0.5, 0.6) is 0 Å². The molecule has 2 rings (SSSR count). The summed E-state index contributed by atoms with van der Waals surface area (Å²) in [5.74, 6) is -1.30. The molecule has 5 heteroatoms. The van der Waals surface area contributed by atoms with E-state index in [0.29, 0.717) is 0 Å². The molecule has 0 amide bonds. The first-order valence-electron chi connectivity index (χ1n) is 4.34. The topological polar surface area (TPSA) is 0 Å². The van der Waals surface area contributed by atoms with Crippen molar-refractivity contribution in [2.24, 2.45) is 0 Å². The minimum absolute atomic E-state index is 0. The monoisotopic (exact) mass is 224 g/mol. The van der Waals surface area contributed by atoms with Crippen LogP contribution in [0.25, 0.3) is 0 Å². The number of benzene rings is 1. The fourth-order valence-electron chi connectivity index (χ4n) is 1.72. The van der Waals surface area contributed by atoms with Gasteiger partial charge in [0.2, 0.25) is 0 Å². The quantitative estimate of drug-likeness (QED) is 0.638. The molecule has 70 valence electrons. The Morgan fingerprint density at radius 1 is 1.07 bits per heavy atom. The van der Waals surface area contributed by atoms with Gasteiger partial charge in [-0.25, -0.2) is 0 Å². The van der Waals surface area contributed by atoms with Crippen LogP contribution < -0.4 is 51.4 Å². The van der Waals surface area contributed by atoms with Crippen LogP contribution in [0.4, 0.5) is 12.9 Å². The van der Waals surface area contributed by atoms with Gasteiger partial charge >= 0.3 is 58.4 Å². The predicted octanol–water partition coefficient (Wildman–Crippen LogP) is 0.395. The number of hydrogen-bond donors (Lipinski definition) is 0. The Morgan fingerprint density at radius 2 is 1.64 bits per heavy atom. The van der Waals surface area contributed by atoms with Crippen LogP contribution in [0.1, 0.15) is 17.9 Å². The maximum absolute atomic E-state index is 12.2. The third-order valence-electron chi connectivity index (χ3n) is 2.55. The van der Waals surface area contributed by atoms with Gasteiger partial charge < -0.3 is 12.9 Å². The second-order valence-electron chi connectivity index (χ2n) is 3.54. The Balaban J connectivity index is 0.000000980. The summed E-state index contributed by atoms with van der Waals surface area (Å²) in [4.78, 5) is 0. The molecule has 2 unspecified atom stereocenters. The Bertz CT molecular complexity index is 299. The van der Waals surface area contributed by atoms with Crippen molar-refractivity contribution in [1.82, 2.24) is 0 Å². The maximum atomic E-state index is 12.2. The molecular formula is C9H9BF3K. The van der Waals surface area contributed by atoms with E-state index in [1.54, 1.807) is 24.3 Å². The van der Waals surface area contributed by atoms with E-state index in [-0.39, 0.29) is 63.7 Å². The van der Waals surface area contributed by atoms with Crippen molar-refractivity contribution in [3.63, 3.8) is 0 Å². The van der Waals surface area contributed by atoms with Crippen molar-refractivity contribution >= 4 is 6.98 Å². The zero-order chi connectivity index (χ0) is 9.47. The van der Waals surface area contributed by atoms with Gasteiger partial charge in [0.05, 0.1) is 0 Å². The number of halogens is 3. The summed E-state index contributed by atoms with van der Waals surface area (Å²) in [5, 5.41) is 0. The van der Waals surface area contributed by atoms with Gasteiger partial charge in [-0.05, 0) is 11.5 Å². The van der Waals surface area contributed by atoms with E-state index >= 15 is 0 Å². The van der Waals surface area contributed by atoms with Crippen LogP contribution in [-0.4, -0.2) is 6.98 Å². The van der Waals surface area contributed by atoms with Gasteiger partial charge in [-0.1, -0.05) is 42.6 Å². The molecule has 0 spiro atoms. The number of hydrogen-bond acceptors (Lipinski definition) is 0. The smallest absolute Gasteiger partial charge is 0.449 e. The molecule has 1 aliphatic rings. The zero-order valence-corrected chi connectivity index (χ0v) is 11.1. The van der Waals surface area contributed by atoms with E-state index in [0.717, 1.165) is 5.56 Å². The molecule has 0 aromatic heterocycles.